The first-order chi connectivity index (χ1) is 36.5. The molecule has 3 fully saturated rings. The van der Waals surface area contributed by atoms with Crippen molar-refractivity contribution in [3.63, 3.8) is 0 Å². The Balaban J connectivity index is 0.000000258. The summed E-state index contributed by atoms with van der Waals surface area (Å²) in [6, 6.07) is 0. The molecule has 0 aromatic heterocycles. The van der Waals surface area contributed by atoms with Gasteiger partial charge in [-0.05, 0) is 166 Å². The molecule has 10 heteroatoms. The van der Waals surface area contributed by atoms with Crippen molar-refractivity contribution in [2.45, 2.75) is 251 Å². The first-order valence-electron chi connectivity index (χ1n) is 30.9. The highest BCUT2D eigenvalue weighted by Crippen LogP contribution is 2.58. The fraction of sp³-hybridized carbons (Fsp3) is 0.768. The average molecular weight is 1110 g/mol. The zero-order chi connectivity index (χ0) is 59.6. The number of hydrogen-bond acceptors (Lipinski definition) is 9. The second-order valence-electron chi connectivity index (χ2n) is 30.1. The number of allylic oxidation sites excluding steroid dienone is 12. The topological polar surface area (TPSA) is 111 Å². The number of rotatable bonds is 17. The lowest BCUT2D eigenvalue weighted by Gasteiger charge is -2.49. The highest BCUT2D eigenvalue weighted by atomic mass is 28.4. The van der Waals surface area contributed by atoms with E-state index in [1.165, 1.54) is 37.7 Å². The van der Waals surface area contributed by atoms with E-state index >= 15 is 0 Å². The summed E-state index contributed by atoms with van der Waals surface area (Å²) in [5.74, 6) is 3.27. The van der Waals surface area contributed by atoms with E-state index in [-0.39, 0.29) is 49.6 Å². The van der Waals surface area contributed by atoms with Gasteiger partial charge in [-0.25, -0.2) is 0 Å². The van der Waals surface area contributed by atoms with E-state index < -0.39 is 8.32 Å². The molecule has 0 aromatic carbocycles. The van der Waals surface area contributed by atoms with E-state index in [1.807, 2.05) is 0 Å². The number of oxime groups is 3. The third kappa shape index (κ3) is 17.1. The minimum absolute atomic E-state index is 0.0167. The van der Waals surface area contributed by atoms with E-state index in [9.17, 15) is 9.90 Å². The number of Topliss-reactive ketones (excluding diaryl/α,β-unsaturated/α-hetero) is 1. The predicted octanol–water partition coefficient (Wildman–Crippen LogP) is 18.6. The van der Waals surface area contributed by atoms with Crippen LogP contribution in [-0.4, -0.2) is 69.9 Å². The van der Waals surface area contributed by atoms with E-state index in [0.29, 0.717) is 41.5 Å². The lowest BCUT2D eigenvalue weighted by atomic mass is 9.63. The van der Waals surface area contributed by atoms with Gasteiger partial charge in [-0.15, -0.1) is 0 Å². The van der Waals surface area contributed by atoms with Crippen molar-refractivity contribution in [1.82, 2.24) is 0 Å². The van der Waals surface area contributed by atoms with E-state index in [1.54, 1.807) is 32.5 Å². The molecule has 11 unspecified atom stereocenters. The van der Waals surface area contributed by atoms with Gasteiger partial charge in [-0.3, -0.25) is 4.79 Å². The Morgan fingerprint density at radius 3 is 1.37 bits per heavy atom. The molecule has 6 aliphatic carbocycles. The Labute approximate surface area is 485 Å². The first kappa shape index (κ1) is 68.2. The Kier molecular flexibility index (Phi) is 24.0. The minimum Gasteiger partial charge on any atom is -0.414 e. The summed E-state index contributed by atoms with van der Waals surface area (Å²) in [6.45, 7) is 45.4. The molecule has 1 N–H and O–H groups in total. The van der Waals surface area contributed by atoms with E-state index in [2.05, 4.69) is 208 Å². The normalized spacial score (nSPS) is 30.3. The molecule has 0 bridgehead atoms. The molecule has 0 radical (unpaired) electrons. The van der Waals surface area contributed by atoms with Crippen molar-refractivity contribution >= 4 is 31.2 Å². The number of ketones is 1. The van der Waals surface area contributed by atoms with Crippen LogP contribution in [-0.2, 0) is 23.7 Å². The minimum atomic E-state index is -1.75. The molecule has 3 saturated carbocycles. The molecule has 448 valence electrons. The Morgan fingerprint density at radius 2 is 0.962 bits per heavy atom. The van der Waals surface area contributed by atoms with Gasteiger partial charge in [0, 0.05) is 34.7 Å². The van der Waals surface area contributed by atoms with Crippen molar-refractivity contribution < 1.29 is 28.8 Å². The number of carbonyl (C=O) groups excluding carboxylic acids is 1. The van der Waals surface area contributed by atoms with Crippen LogP contribution in [0.15, 0.2) is 86.9 Å². The molecule has 79 heavy (non-hydrogen) atoms. The van der Waals surface area contributed by atoms with E-state index in [0.717, 1.165) is 81.3 Å². The number of fused-ring (bicyclic) bond motifs is 3. The average Bonchev–Trinajstić information content (AvgIpc) is 4.09. The maximum absolute atomic E-state index is 12.3. The number of hydrogen-bond donors (Lipinski definition) is 1. The molecule has 0 saturated heterocycles. The highest BCUT2D eigenvalue weighted by molar-refractivity contribution is 6.74. The fourth-order valence-electron chi connectivity index (χ4n) is 14.1. The van der Waals surface area contributed by atoms with Crippen molar-refractivity contribution in [3.8, 4) is 0 Å². The van der Waals surface area contributed by atoms with Gasteiger partial charge in [-0.1, -0.05) is 200 Å². The smallest absolute Gasteiger partial charge is 0.192 e. The van der Waals surface area contributed by atoms with Crippen molar-refractivity contribution in [3.05, 3.63) is 71.4 Å². The molecular formula is C69H117N3O6Si. The second-order valence-corrected chi connectivity index (χ2v) is 34.9. The summed E-state index contributed by atoms with van der Waals surface area (Å²) >= 11 is 0. The quantitative estimate of drug-likeness (QED) is 0.0672. The van der Waals surface area contributed by atoms with Gasteiger partial charge < -0.3 is 24.0 Å². The van der Waals surface area contributed by atoms with Gasteiger partial charge in [0.2, 0.25) is 0 Å². The number of aliphatic hydroxyl groups excluding tert-OH is 1. The third-order valence-corrected chi connectivity index (χ3v) is 24.5. The number of carbonyl (C=O) groups is 1. The maximum Gasteiger partial charge on any atom is 0.192 e. The van der Waals surface area contributed by atoms with Crippen LogP contribution in [0.4, 0.5) is 0 Å². The molecule has 11 atom stereocenters. The SMILES string of the molecule is CON=C(/C=C/CC(C)C1=CCC2C(=O)CCCC12C)C(C)(C)C.CON=C(/C=C/CC(C)C1=CCC2C(O)CCCC12C)C(C)(C)C.CON=C(/C=C/CC(C)C1=CCC2C(O[Si](C)(C)C(C)(C)C)CCCC12C)C(C)(C)C. The van der Waals surface area contributed by atoms with E-state index in [4.69, 9.17) is 18.9 Å². The van der Waals surface area contributed by atoms with Crippen molar-refractivity contribution in [2.75, 3.05) is 21.3 Å². The lowest BCUT2D eigenvalue weighted by Crippen LogP contribution is -2.49. The molecule has 6 rings (SSSR count). The molecule has 0 heterocycles. The summed E-state index contributed by atoms with van der Waals surface area (Å²) in [6.07, 6.45) is 36.9. The molecule has 9 nitrogen and oxygen atoms in total. The van der Waals surface area contributed by atoms with Gasteiger partial charge in [0.1, 0.15) is 27.1 Å². The zero-order valence-electron chi connectivity index (χ0n) is 54.8. The molecule has 6 aliphatic rings. The predicted molar refractivity (Wildman–Crippen MR) is 338 cm³/mol. The monoisotopic (exact) mass is 1110 g/mol. The first-order valence-corrected chi connectivity index (χ1v) is 33.8. The maximum atomic E-state index is 12.3. The van der Waals surface area contributed by atoms with Crippen LogP contribution in [0.25, 0.3) is 0 Å². The molecule has 0 aromatic rings. The number of aliphatic hydroxyl groups is 1. The highest BCUT2D eigenvalue weighted by Gasteiger charge is 2.52. The van der Waals surface area contributed by atoms with Crippen LogP contribution in [0.3, 0.4) is 0 Å². The van der Waals surface area contributed by atoms with Crippen LogP contribution in [0.2, 0.25) is 18.1 Å². The summed E-state index contributed by atoms with van der Waals surface area (Å²) in [5.41, 5.74) is 8.12. The molecule has 0 spiro atoms. The Hall–Kier alpha value is -3.34. The van der Waals surface area contributed by atoms with Gasteiger partial charge in [0.15, 0.2) is 8.32 Å². The number of nitrogens with zero attached hydrogens (tertiary/aromatic N) is 3. The van der Waals surface area contributed by atoms with Gasteiger partial charge >= 0.3 is 0 Å². The summed E-state index contributed by atoms with van der Waals surface area (Å²) in [4.78, 5) is 27.3. The standard InChI is InChI=1S/C27H49NO2Si.C21H35NO2.C21H33NO2/c1-20(14-12-16-24(28-29-9)25(2,3)4)21-17-18-22-23(15-13-19-27(21,22)8)30-31(10,11)26(5,6)7;2*1-15(9-7-11-19(22-24-6)20(2,3)4)16-12-13-17-18(23)10-8-14-21(16,17)5/h12,16-17,20,22-23H,13-15,18-19H2,1-11H3;7,11-12,15,17-18,23H,8-10,13-14H2,1-6H3;7,11-12,15,17H,8-10,13-14H2,1-6H3/b16-12+,28-24?;2*11-7+,22-19?. The van der Waals surface area contributed by atoms with Gasteiger partial charge in [0.05, 0.1) is 23.2 Å². The largest absolute Gasteiger partial charge is 0.414 e. The summed E-state index contributed by atoms with van der Waals surface area (Å²) < 4.78 is 6.99. The zero-order valence-corrected chi connectivity index (χ0v) is 55.8. The molecule has 0 aliphatic heterocycles. The lowest BCUT2D eigenvalue weighted by molar-refractivity contribution is -0.128. The van der Waals surface area contributed by atoms with Crippen molar-refractivity contribution in [1.29, 1.82) is 0 Å². The van der Waals surface area contributed by atoms with Crippen LogP contribution >= 0.6 is 0 Å². The van der Waals surface area contributed by atoms with Gasteiger partial charge in [0.25, 0.3) is 0 Å². The summed E-state index contributed by atoms with van der Waals surface area (Å²) in [7, 11) is 3.06. The molecular weight excluding hydrogens is 995 g/mol. The van der Waals surface area contributed by atoms with Crippen molar-refractivity contribution in [2.24, 2.45) is 83.5 Å². The Bertz CT molecular complexity index is 2310. The fourth-order valence-corrected chi connectivity index (χ4v) is 15.5. The van der Waals surface area contributed by atoms with Crippen LogP contribution in [0, 0.1) is 68.0 Å². The van der Waals surface area contributed by atoms with Gasteiger partial charge in [-0.2, -0.15) is 0 Å². The summed E-state index contributed by atoms with van der Waals surface area (Å²) in [5, 5.41) is 23.2. The molecule has 0 amide bonds. The third-order valence-electron chi connectivity index (χ3n) is 20.0. The van der Waals surface area contributed by atoms with Crippen LogP contribution in [0.1, 0.15) is 221 Å². The van der Waals surface area contributed by atoms with Crippen LogP contribution < -0.4 is 0 Å². The second kappa shape index (κ2) is 27.8. The Morgan fingerprint density at radius 1 is 0.595 bits per heavy atom. The van der Waals surface area contributed by atoms with Crippen LogP contribution in [0.5, 0.6) is 0 Å².